The van der Waals surface area contributed by atoms with Gasteiger partial charge >= 0.3 is 5.97 Å². The second-order valence-corrected chi connectivity index (χ2v) is 6.52. The molecule has 0 aliphatic heterocycles. The third kappa shape index (κ3) is 4.94. The van der Waals surface area contributed by atoms with Crippen molar-refractivity contribution < 1.29 is 19.1 Å². The topological polar surface area (TPSA) is 84.5 Å². The van der Waals surface area contributed by atoms with Gasteiger partial charge in [-0.05, 0) is 60.2 Å². The minimum Gasteiger partial charge on any atom is -0.468 e. The molecule has 0 saturated carbocycles. The summed E-state index contributed by atoms with van der Waals surface area (Å²) in [5, 5.41) is 5.30. The number of carbonyl (C=O) groups is 3. The van der Waals surface area contributed by atoms with Gasteiger partial charge < -0.3 is 15.4 Å². The maximum Gasteiger partial charge on any atom is 0.325 e. The molecule has 2 N–H and O–H groups in total. The Bertz CT molecular complexity index is 859. The average Bonchev–Trinajstić information content (AvgIpc) is 3.14. The van der Waals surface area contributed by atoms with Crippen LogP contribution >= 0.6 is 0 Å². The number of hydrogen-bond acceptors (Lipinski definition) is 4. The molecule has 27 heavy (non-hydrogen) atoms. The van der Waals surface area contributed by atoms with E-state index in [0.717, 1.165) is 18.4 Å². The van der Waals surface area contributed by atoms with Crippen LogP contribution in [-0.2, 0) is 33.6 Å². The fourth-order valence-electron chi connectivity index (χ4n) is 3.16. The summed E-state index contributed by atoms with van der Waals surface area (Å²) in [5.41, 5.74) is 4.76. The van der Waals surface area contributed by atoms with Crippen LogP contribution in [0.5, 0.6) is 0 Å². The summed E-state index contributed by atoms with van der Waals surface area (Å²) < 4.78 is 4.47. The molecule has 0 saturated heterocycles. The van der Waals surface area contributed by atoms with Gasteiger partial charge in [0.2, 0.25) is 5.91 Å². The quantitative estimate of drug-likeness (QED) is 0.768. The van der Waals surface area contributed by atoms with Crippen LogP contribution in [0.3, 0.4) is 0 Å². The van der Waals surface area contributed by atoms with Crippen molar-refractivity contribution in [3.63, 3.8) is 0 Å². The van der Waals surface area contributed by atoms with E-state index in [2.05, 4.69) is 27.5 Å². The highest BCUT2D eigenvalue weighted by molar-refractivity contribution is 5.97. The molecule has 0 spiro atoms. The zero-order valence-electron chi connectivity index (χ0n) is 15.2. The number of esters is 1. The van der Waals surface area contributed by atoms with E-state index in [1.165, 1.54) is 24.7 Å². The van der Waals surface area contributed by atoms with Crippen LogP contribution < -0.4 is 10.6 Å². The van der Waals surface area contributed by atoms with Crippen LogP contribution in [0.1, 0.15) is 33.5 Å². The van der Waals surface area contributed by atoms with Crippen molar-refractivity contribution in [2.24, 2.45) is 0 Å². The van der Waals surface area contributed by atoms with Gasteiger partial charge in [-0.25, -0.2) is 0 Å². The normalized spacial score (nSPS) is 12.2. The molecular weight excluding hydrogens is 344 g/mol. The van der Waals surface area contributed by atoms with Crippen LogP contribution in [0.15, 0.2) is 42.5 Å². The molecule has 0 bridgehead atoms. The lowest BCUT2D eigenvalue weighted by molar-refractivity contribution is -0.139. The smallest absolute Gasteiger partial charge is 0.325 e. The lowest BCUT2D eigenvalue weighted by atomic mass is 10.0. The molecule has 0 unspecified atom stereocenters. The molecule has 3 rings (SSSR count). The van der Waals surface area contributed by atoms with Crippen molar-refractivity contribution in [2.75, 3.05) is 19.0 Å². The molecule has 0 radical (unpaired) electrons. The Kier molecular flexibility index (Phi) is 5.86. The van der Waals surface area contributed by atoms with E-state index in [9.17, 15) is 14.4 Å². The summed E-state index contributed by atoms with van der Waals surface area (Å²) in [6.45, 7) is -0.186. The zero-order chi connectivity index (χ0) is 19.2. The Morgan fingerprint density at radius 2 is 1.74 bits per heavy atom. The maximum absolute atomic E-state index is 12.3. The number of rotatable bonds is 6. The summed E-state index contributed by atoms with van der Waals surface area (Å²) >= 11 is 0. The standard InChI is InChI=1S/C21H22N2O4/c1-27-20(25)13-22-21(26)16-7-9-18(10-8-16)23-19(24)12-14-5-6-15-3-2-4-17(15)11-14/h5-11H,2-4,12-13H2,1H3,(H,22,26)(H,23,24). The molecule has 1 aliphatic carbocycles. The number of fused-ring (bicyclic) bond motifs is 1. The molecule has 6 nitrogen and oxygen atoms in total. The van der Waals surface area contributed by atoms with Gasteiger partial charge in [0.25, 0.3) is 5.91 Å². The molecule has 2 amide bonds. The first-order valence-corrected chi connectivity index (χ1v) is 8.91. The molecule has 0 atom stereocenters. The number of anilines is 1. The van der Waals surface area contributed by atoms with E-state index in [0.29, 0.717) is 17.7 Å². The van der Waals surface area contributed by atoms with E-state index in [4.69, 9.17) is 0 Å². The van der Waals surface area contributed by atoms with E-state index in [1.807, 2.05) is 6.07 Å². The number of nitrogens with one attached hydrogen (secondary N) is 2. The Labute approximate surface area is 157 Å². The van der Waals surface area contributed by atoms with Crippen LogP contribution in [0.25, 0.3) is 0 Å². The van der Waals surface area contributed by atoms with Gasteiger partial charge in [-0.3, -0.25) is 14.4 Å². The average molecular weight is 366 g/mol. The summed E-state index contributed by atoms with van der Waals surface area (Å²) in [7, 11) is 1.26. The van der Waals surface area contributed by atoms with Crippen molar-refractivity contribution in [3.05, 3.63) is 64.7 Å². The van der Waals surface area contributed by atoms with Gasteiger partial charge in [0, 0.05) is 11.3 Å². The number of methoxy groups -OCH3 is 1. The molecule has 0 fully saturated rings. The van der Waals surface area contributed by atoms with E-state index in [1.54, 1.807) is 24.3 Å². The zero-order valence-corrected chi connectivity index (χ0v) is 15.2. The van der Waals surface area contributed by atoms with Gasteiger partial charge in [-0.1, -0.05) is 18.2 Å². The minimum atomic E-state index is -0.515. The SMILES string of the molecule is COC(=O)CNC(=O)c1ccc(NC(=O)Cc2ccc3c(c2)CCC3)cc1. The second-order valence-electron chi connectivity index (χ2n) is 6.52. The van der Waals surface area contributed by atoms with E-state index >= 15 is 0 Å². The highest BCUT2D eigenvalue weighted by atomic mass is 16.5. The number of amides is 2. The van der Waals surface area contributed by atoms with Crippen LogP contribution in [0, 0.1) is 0 Å². The summed E-state index contributed by atoms with van der Waals surface area (Å²) in [6, 6.07) is 12.8. The Hall–Kier alpha value is -3.15. The highest BCUT2D eigenvalue weighted by Gasteiger charge is 2.13. The Morgan fingerprint density at radius 1 is 1.00 bits per heavy atom. The summed E-state index contributed by atoms with van der Waals surface area (Å²) in [6.07, 6.45) is 3.71. The predicted molar refractivity (Wildman–Crippen MR) is 102 cm³/mol. The first kappa shape index (κ1) is 18.6. The fourth-order valence-corrected chi connectivity index (χ4v) is 3.16. The van der Waals surface area contributed by atoms with Gasteiger partial charge in [-0.2, -0.15) is 0 Å². The largest absolute Gasteiger partial charge is 0.468 e. The van der Waals surface area contributed by atoms with Crippen molar-refractivity contribution in [1.29, 1.82) is 0 Å². The molecule has 0 aromatic heterocycles. The van der Waals surface area contributed by atoms with Crippen LogP contribution in [0.4, 0.5) is 5.69 Å². The third-order valence-corrected chi connectivity index (χ3v) is 4.58. The molecule has 1 aliphatic rings. The van der Waals surface area contributed by atoms with Crippen molar-refractivity contribution >= 4 is 23.5 Å². The minimum absolute atomic E-state index is 0.101. The number of hydrogen-bond donors (Lipinski definition) is 2. The first-order valence-electron chi connectivity index (χ1n) is 8.91. The lowest BCUT2D eigenvalue weighted by Gasteiger charge is -2.08. The summed E-state index contributed by atoms with van der Waals surface area (Å²) in [5.74, 6) is -0.994. The van der Waals surface area contributed by atoms with Gasteiger partial charge in [0.15, 0.2) is 0 Å². The molecule has 2 aromatic rings. The first-order chi connectivity index (χ1) is 13.0. The van der Waals surface area contributed by atoms with Crippen LogP contribution in [-0.4, -0.2) is 31.4 Å². The molecular formula is C21H22N2O4. The van der Waals surface area contributed by atoms with Gasteiger partial charge in [0.1, 0.15) is 6.54 Å². The van der Waals surface area contributed by atoms with Crippen molar-refractivity contribution in [2.45, 2.75) is 25.7 Å². The number of benzene rings is 2. The molecule has 6 heteroatoms. The highest BCUT2D eigenvalue weighted by Crippen LogP contribution is 2.23. The van der Waals surface area contributed by atoms with Crippen LogP contribution in [0.2, 0.25) is 0 Å². The van der Waals surface area contributed by atoms with Crippen molar-refractivity contribution in [1.82, 2.24) is 5.32 Å². The lowest BCUT2D eigenvalue weighted by Crippen LogP contribution is -2.30. The molecule has 140 valence electrons. The monoisotopic (exact) mass is 366 g/mol. The van der Waals surface area contributed by atoms with Gasteiger partial charge in [-0.15, -0.1) is 0 Å². The van der Waals surface area contributed by atoms with Crippen molar-refractivity contribution in [3.8, 4) is 0 Å². The second kappa shape index (κ2) is 8.49. The molecule has 0 heterocycles. The summed E-state index contributed by atoms with van der Waals surface area (Å²) in [4.78, 5) is 35.2. The fraction of sp³-hybridized carbons (Fsp3) is 0.286. The Balaban J connectivity index is 1.54. The maximum atomic E-state index is 12.3. The predicted octanol–water partition coefficient (Wildman–Crippen LogP) is 2.26. The number of aryl methyl sites for hydroxylation is 2. The Morgan fingerprint density at radius 3 is 2.48 bits per heavy atom. The third-order valence-electron chi connectivity index (χ3n) is 4.58. The van der Waals surface area contributed by atoms with Gasteiger partial charge in [0.05, 0.1) is 13.5 Å². The molecule has 2 aromatic carbocycles. The number of ether oxygens (including phenoxy) is 1. The number of carbonyl (C=O) groups excluding carboxylic acids is 3. The van der Waals surface area contributed by atoms with E-state index in [-0.39, 0.29) is 18.4 Å². The van der Waals surface area contributed by atoms with E-state index < -0.39 is 5.97 Å².